The molecule has 35 heavy (non-hydrogen) atoms. The van der Waals surface area contributed by atoms with Gasteiger partial charge in [0.25, 0.3) is 0 Å². The predicted octanol–water partition coefficient (Wildman–Crippen LogP) is 2.92. The Bertz CT molecular complexity index is 1200. The van der Waals surface area contributed by atoms with Gasteiger partial charge in [0.05, 0.1) is 17.8 Å². The largest absolute Gasteiger partial charge is 0.467 e. The molecule has 1 aromatic carbocycles. The Hall–Kier alpha value is -2.57. The number of carbonyl (C=O) groups excluding carboxylic acids is 2. The first-order valence-electron chi connectivity index (χ1n) is 10.9. The maximum absolute atomic E-state index is 13.2. The monoisotopic (exact) mass is 568 g/mol. The van der Waals surface area contributed by atoms with Gasteiger partial charge in [0.2, 0.25) is 10.0 Å². The van der Waals surface area contributed by atoms with Crippen LogP contribution in [0, 0.1) is 0 Å². The molecule has 2 aromatic rings. The van der Waals surface area contributed by atoms with Crippen LogP contribution in [-0.2, 0) is 30.7 Å². The number of carbonyl (C=O) groups is 2. The van der Waals surface area contributed by atoms with E-state index in [1.807, 2.05) is 18.2 Å². The molecular formula is C23H29BrN4O6S. The second kappa shape index (κ2) is 10.2. The molecular weight excluding hydrogens is 540 g/mol. The first-order chi connectivity index (χ1) is 16.2. The summed E-state index contributed by atoms with van der Waals surface area (Å²) in [5, 5.41) is 0. The highest BCUT2D eigenvalue weighted by molar-refractivity contribution is 9.10. The van der Waals surface area contributed by atoms with Gasteiger partial charge in [-0.25, -0.2) is 32.7 Å². The Morgan fingerprint density at radius 2 is 1.91 bits per heavy atom. The van der Waals surface area contributed by atoms with Gasteiger partial charge in [-0.05, 0) is 54.8 Å². The summed E-state index contributed by atoms with van der Waals surface area (Å²) < 4.78 is 37.9. The van der Waals surface area contributed by atoms with Crippen molar-refractivity contribution in [2.75, 3.05) is 19.9 Å². The Balaban J connectivity index is 2.04. The summed E-state index contributed by atoms with van der Waals surface area (Å²) in [6.45, 7) is 5.10. The van der Waals surface area contributed by atoms with Gasteiger partial charge in [-0.1, -0.05) is 18.2 Å². The minimum atomic E-state index is -3.59. The van der Waals surface area contributed by atoms with Crippen LogP contribution in [0.25, 0.3) is 11.4 Å². The maximum Gasteiger partial charge on any atom is 0.411 e. The number of hydrogen-bond acceptors (Lipinski definition) is 8. The first-order valence-corrected chi connectivity index (χ1v) is 13.5. The van der Waals surface area contributed by atoms with Crippen molar-refractivity contribution in [2.24, 2.45) is 0 Å². The number of nitrogens with one attached hydrogen (secondary N) is 1. The highest BCUT2D eigenvalue weighted by Crippen LogP contribution is 2.36. The fraction of sp³-hybridized carbons (Fsp3) is 0.478. The van der Waals surface area contributed by atoms with Crippen LogP contribution in [0.1, 0.15) is 32.8 Å². The van der Waals surface area contributed by atoms with Crippen LogP contribution < -0.4 is 4.72 Å². The summed E-state index contributed by atoms with van der Waals surface area (Å²) in [4.78, 5) is 36.4. The summed E-state index contributed by atoms with van der Waals surface area (Å²) in [5.74, 6) is -0.166. The van der Waals surface area contributed by atoms with E-state index < -0.39 is 39.3 Å². The van der Waals surface area contributed by atoms with Crippen molar-refractivity contribution in [2.45, 2.75) is 50.8 Å². The van der Waals surface area contributed by atoms with Crippen molar-refractivity contribution < 1.29 is 27.5 Å². The molecule has 12 heteroatoms. The van der Waals surface area contributed by atoms with E-state index in [2.05, 4.69) is 30.6 Å². The quantitative estimate of drug-likeness (QED) is 0.527. The number of esters is 1. The maximum atomic E-state index is 13.2. The van der Waals surface area contributed by atoms with Crippen LogP contribution in [0.4, 0.5) is 4.79 Å². The summed E-state index contributed by atoms with van der Waals surface area (Å²) in [7, 11) is -2.36. The highest BCUT2D eigenvalue weighted by atomic mass is 79.9. The number of rotatable bonds is 6. The smallest absolute Gasteiger partial charge is 0.411 e. The lowest BCUT2D eigenvalue weighted by Gasteiger charge is -2.36. The van der Waals surface area contributed by atoms with Gasteiger partial charge in [-0.2, -0.15) is 0 Å². The molecule has 1 aliphatic rings. The minimum Gasteiger partial charge on any atom is -0.467 e. The van der Waals surface area contributed by atoms with Crippen molar-refractivity contribution in [1.29, 1.82) is 0 Å². The average Bonchev–Trinajstić information content (AvgIpc) is 3.10. The van der Waals surface area contributed by atoms with Crippen LogP contribution in [0.15, 0.2) is 41.1 Å². The van der Waals surface area contributed by atoms with Gasteiger partial charge in [0.1, 0.15) is 11.1 Å². The third kappa shape index (κ3) is 6.77. The minimum absolute atomic E-state index is 0.0188. The van der Waals surface area contributed by atoms with E-state index in [0.29, 0.717) is 11.4 Å². The van der Waals surface area contributed by atoms with Crippen molar-refractivity contribution in [3.8, 4) is 11.4 Å². The van der Waals surface area contributed by atoms with Crippen LogP contribution in [0.3, 0.4) is 0 Å². The molecule has 0 unspecified atom stereocenters. The average molecular weight is 569 g/mol. The lowest BCUT2D eigenvalue weighted by molar-refractivity contribution is -0.153. The fourth-order valence-electron chi connectivity index (χ4n) is 4.17. The second-order valence-corrected chi connectivity index (χ2v) is 12.2. The molecule has 1 aliphatic heterocycles. The Morgan fingerprint density at radius 1 is 1.26 bits per heavy atom. The molecule has 1 saturated heterocycles. The van der Waals surface area contributed by atoms with E-state index in [4.69, 9.17) is 9.47 Å². The number of halogens is 1. The Labute approximate surface area is 213 Å². The molecule has 0 bridgehead atoms. The zero-order chi connectivity index (χ0) is 26.0. The van der Waals surface area contributed by atoms with Crippen LogP contribution in [0.2, 0.25) is 0 Å². The first kappa shape index (κ1) is 27.0. The zero-order valence-corrected chi connectivity index (χ0v) is 22.6. The molecule has 1 N–H and O–H groups in total. The Morgan fingerprint density at radius 3 is 2.49 bits per heavy atom. The van der Waals surface area contributed by atoms with Crippen molar-refractivity contribution in [3.05, 3.63) is 46.7 Å². The molecule has 190 valence electrons. The molecule has 0 aliphatic carbocycles. The molecule has 2 atom stereocenters. The number of amides is 1. The SMILES string of the molecule is COC(=O)[C@]1(Cc2cccc(-c3ncc(Br)cn3)c2)C[C@@H](NS(C)(=O)=O)CN1C(=O)OC(C)(C)C. The number of nitrogens with zero attached hydrogens (tertiary/aromatic N) is 3. The zero-order valence-electron chi connectivity index (χ0n) is 20.2. The second-order valence-electron chi connectivity index (χ2n) is 9.51. The van der Waals surface area contributed by atoms with E-state index in [1.54, 1.807) is 39.2 Å². The van der Waals surface area contributed by atoms with E-state index in [9.17, 15) is 18.0 Å². The van der Waals surface area contributed by atoms with Gasteiger partial charge in [0.15, 0.2) is 5.82 Å². The molecule has 1 aromatic heterocycles. The van der Waals surface area contributed by atoms with Crippen LogP contribution in [-0.4, -0.2) is 72.4 Å². The number of aromatic nitrogens is 2. The standard InChI is InChI=1S/C23H29BrN4O6S/c1-22(2,3)34-21(30)28-14-18(27-35(5,31)32)11-23(28,20(29)33-4)10-15-7-6-8-16(9-15)19-25-12-17(24)13-26-19/h6-9,12-13,18,27H,10-11,14H2,1-5H3/t18-,23+/m1/s1. The number of ether oxygens (including phenoxy) is 2. The molecule has 1 fully saturated rings. The summed E-state index contributed by atoms with van der Waals surface area (Å²) in [6.07, 6.45) is 3.66. The summed E-state index contributed by atoms with van der Waals surface area (Å²) in [5.41, 5.74) is -0.866. The predicted molar refractivity (Wildman–Crippen MR) is 133 cm³/mol. The topological polar surface area (TPSA) is 128 Å². The van der Waals surface area contributed by atoms with E-state index in [1.165, 1.54) is 12.0 Å². The van der Waals surface area contributed by atoms with E-state index in [0.717, 1.165) is 16.3 Å². The molecule has 3 rings (SSSR count). The molecule has 0 saturated carbocycles. The molecule has 0 spiro atoms. The normalized spacial score (nSPS) is 20.5. The summed E-state index contributed by atoms with van der Waals surface area (Å²) in [6, 6.07) is 6.59. The van der Waals surface area contributed by atoms with Crippen LogP contribution >= 0.6 is 15.9 Å². The number of hydrogen-bond donors (Lipinski definition) is 1. The molecule has 1 amide bonds. The fourth-order valence-corrected chi connectivity index (χ4v) is 5.14. The Kier molecular flexibility index (Phi) is 7.87. The lowest BCUT2D eigenvalue weighted by Crippen LogP contribution is -2.56. The molecule has 0 radical (unpaired) electrons. The van der Waals surface area contributed by atoms with Gasteiger partial charge >= 0.3 is 12.1 Å². The van der Waals surface area contributed by atoms with Crippen molar-refractivity contribution in [3.63, 3.8) is 0 Å². The van der Waals surface area contributed by atoms with E-state index in [-0.39, 0.29) is 19.4 Å². The summed E-state index contributed by atoms with van der Waals surface area (Å²) >= 11 is 3.31. The number of methoxy groups -OCH3 is 1. The number of likely N-dealkylation sites (tertiary alicyclic amines) is 1. The van der Waals surface area contributed by atoms with Crippen molar-refractivity contribution >= 4 is 38.0 Å². The highest BCUT2D eigenvalue weighted by Gasteiger charge is 2.55. The number of sulfonamides is 1. The van der Waals surface area contributed by atoms with E-state index >= 15 is 0 Å². The molecule has 10 nitrogen and oxygen atoms in total. The number of benzene rings is 1. The lowest BCUT2D eigenvalue weighted by atomic mass is 9.86. The van der Waals surface area contributed by atoms with Gasteiger partial charge in [-0.15, -0.1) is 0 Å². The van der Waals surface area contributed by atoms with Crippen molar-refractivity contribution in [1.82, 2.24) is 19.6 Å². The van der Waals surface area contributed by atoms with Crippen LogP contribution in [0.5, 0.6) is 0 Å². The van der Waals surface area contributed by atoms with Gasteiger partial charge in [0, 0.05) is 37.0 Å². The molecule has 2 heterocycles. The third-order valence-electron chi connectivity index (χ3n) is 5.37. The van der Waals surface area contributed by atoms with Gasteiger partial charge < -0.3 is 9.47 Å². The third-order valence-corrected chi connectivity index (χ3v) is 6.54. The van der Waals surface area contributed by atoms with Gasteiger partial charge in [-0.3, -0.25) is 4.90 Å².